The molecule has 0 rings (SSSR count). The molecule has 0 aromatic heterocycles. The van der Waals surface area contributed by atoms with Crippen LogP contribution in [0.5, 0.6) is 0 Å². The number of amidine groups is 1. The average molecular weight is 345 g/mol. The maximum atomic E-state index is 10.4. The van der Waals surface area contributed by atoms with Crippen molar-refractivity contribution in [3.63, 3.8) is 0 Å². The number of nitrogens with zero attached hydrogens (tertiary/aromatic N) is 1. The van der Waals surface area contributed by atoms with E-state index in [-0.39, 0.29) is 20.3 Å². The molecular formula is C18H36N2O2S. The predicted octanol–water partition coefficient (Wildman–Crippen LogP) is 5.39. The van der Waals surface area contributed by atoms with Crippen LogP contribution in [0.3, 0.4) is 0 Å². The monoisotopic (exact) mass is 344 g/mol. The number of carboxylic acids is 1. The fraction of sp³-hybridized carbons (Fsp3) is 0.556. The van der Waals surface area contributed by atoms with Gasteiger partial charge < -0.3 is 10.0 Å². The van der Waals surface area contributed by atoms with Gasteiger partial charge in [0.25, 0.3) is 0 Å². The molecule has 4 nitrogen and oxygen atoms in total. The number of aliphatic carboxylic acids is 1. The lowest BCUT2D eigenvalue weighted by atomic mass is 10.2. The number of hydrogen-bond acceptors (Lipinski definition) is 3. The second-order valence-electron chi connectivity index (χ2n) is 4.33. The number of allylic oxidation sites excluding steroid dienone is 6. The number of hydrogen-bond donors (Lipinski definition) is 3. The molecule has 0 amide bonds. The molecule has 136 valence electrons. The number of carboxylic acid groups (broad SMARTS) is 1. The topological polar surface area (TPSA) is 64.4 Å². The van der Waals surface area contributed by atoms with Crippen molar-refractivity contribution < 1.29 is 9.90 Å². The van der Waals surface area contributed by atoms with E-state index in [0.717, 1.165) is 5.70 Å². The lowest BCUT2D eigenvalue weighted by Gasteiger charge is -2.19. The Morgan fingerprint density at radius 1 is 1.17 bits per heavy atom. The van der Waals surface area contributed by atoms with Crippen LogP contribution < -0.4 is 0 Å². The minimum atomic E-state index is -0.877. The van der Waals surface area contributed by atoms with E-state index in [0.29, 0.717) is 5.84 Å². The molecule has 0 spiro atoms. The number of carbonyl (C=O) groups is 1. The van der Waals surface area contributed by atoms with Crippen molar-refractivity contribution in [2.75, 3.05) is 13.3 Å². The zero-order chi connectivity index (χ0) is 18.0. The molecule has 0 aliphatic heterocycles. The Morgan fingerprint density at radius 2 is 1.65 bits per heavy atom. The van der Waals surface area contributed by atoms with Gasteiger partial charge in [-0.3, -0.25) is 10.2 Å². The first-order valence-electron chi connectivity index (χ1n) is 7.34. The fourth-order valence-corrected chi connectivity index (χ4v) is 1.09. The van der Waals surface area contributed by atoms with Crippen LogP contribution in [-0.4, -0.2) is 35.1 Å². The second-order valence-corrected chi connectivity index (χ2v) is 4.33. The normalized spacial score (nSPS) is 10.1. The standard InChI is InChI=1S/C13H20N2O2.C3H8.CH4S.CH4/c1-4-5-6-7-8-11(2)15(3)12(14)9-10-13(16)17;1-3-2;1-2;/h4-8,14H,9-10H2,1-3H3,(H,16,17);3H2,1-2H3;2H,1H3;1H4/b5-4-,7-6-,11-8+,14-12?;;;. The van der Waals surface area contributed by atoms with Crippen molar-refractivity contribution in [1.29, 1.82) is 5.41 Å². The van der Waals surface area contributed by atoms with Crippen LogP contribution in [0.4, 0.5) is 0 Å². The van der Waals surface area contributed by atoms with Crippen molar-refractivity contribution in [3.8, 4) is 0 Å². The summed E-state index contributed by atoms with van der Waals surface area (Å²) in [5, 5.41) is 16.3. The van der Waals surface area contributed by atoms with Crippen molar-refractivity contribution in [1.82, 2.24) is 4.90 Å². The highest BCUT2D eigenvalue weighted by Gasteiger charge is 2.07. The molecule has 5 heteroatoms. The Balaban J connectivity index is -0.000000267. The van der Waals surface area contributed by atoms with E-state index in [1.807, 2.05) is 44.2 Å². The molecule has 0 aromatic rings. The molecule has 0 radical (unpaired) electrons. The van der Waals surface area contributed by atoms with Crippen LogP contribution in [0.15, 0.2) is 36.1 Å². The summed E-state index contributed by atoms with van der Waals surface area (Å²) in [6.07, 6.45) is 12.7. The highest BCUT2D eigenvalue weighted by molar-refractivity contribution is 7.79. The Hall–Kier alpha value is -1.49. The Bertz CT molecular complexity index is 375. The molecule has 23 heavy (non-hydrogen) atoms. The molecular weight excluding hydrogens is 308 g/mol. The second kappa shape index (κ2) is 22.8. The lowest BCUT2D eigenvalue weighted by Crippen LogP contribution is -2.24. The maximum absolute atomic E-state index is 10.4. The first-order valence-corrected chi connectivity index (χ1v) is 8.23. The molecule has 0 aromatic carbocycles. The highest BCUT2D eigenvalue weighted by atomic mass is 32.1. The smallest absolute Gasteiger partial charge is 0.303 e. The molecule has 0 heterocycles. The Morgan fingerprint density at radius 3 is 2.04 bits per heavy atom. The van der Waals surface area contributed by atoms with Gasteiger partial charge in [-0.1, -0.05) is 52.0 Å². The predicted molar refractivity (Wildman–Crippen MR) is 108 cm³/mol. The van der Waals surface area contributed by atoms with Gasteiger partial charge in [-0.05, 0) is 26.2 Å². The Kier molecular flexibility index (Phi) is 29.2. The van der Waals surface area contributed by atoms with Gasteiger partial charge in [0.1, 0.15) is 5.84 Å². The quantitative estimate of drug-likeness (QED) is 0.262. The molecule has 2 N–H and O–H groups in total. The summed E-state index contributed by atoms with van der Waals surface area (Å²) in [5.41, 5.74) is 0.904. The molecule has 0 aliphatic carbocycles. The number of rotatable bonds is 6. The summed E-state index contributed by atoms with van der Waals surface area (Å²) in [6, 6.07) is 0. The molecule has 0 unspecified atom stereocenters. The molecule has 0 atom stereocenters. The third-order valence-electron chi connectivity index (χ3n) is 2.26. The van der Waals surface area contributed by atoms with E-state index in [4.69, 9.17) is 10.5 Å². The molecule has 0 aliphatic rings. The summed E-state index contributed by atoms with van der Waals surface area (Å²) >= 11 is 3.53. The van der Waals surface area contributed by atoms with Gasteiger partial charge in [0, 0.05) is 19.2 Å². The largest absolute Gasteiger partial charge is 0.481 e. The lowest BCUT2D eigenvalue weighted by molar-refractivity contribution is -0.136. The van der Waals surface area contributed by atoms with Crippen LogP contribution in [0.1, 0.15) is 54.4 Å². The number of nitrogens with one attached hydrogen (secondary N) is 1. The van der Waals surface area contributed by atoms with Crippen LogP contribution in [0.25, 0.3) is 0 Å². The summed E-state index contributed by atoms with van der Waals surface area (Å²) in [6.45, 7) is 8.07. The van der Waals surface area contributed by atoms with Crippen LogP contribution in [0, 0.1) is 5.41 Å². The third kappa shape index (κ3) is 22.9. The average Bonchev–Trinajstić information content (AvgIpc) is 2.51. The van der Waals surface area contributed by atoms with E-state index < -0.39 is 5.97 Å². The van der Waals surface area contributed by atoms with Gasteiger partial charge in [0.2, 0.25) is 0 Å². The van der Waals surface area contributed by atoms with E-state index in [2.05, 4.69) is 26.5 Å². The van der Waals surface area contributed by atoms with E-state index in [1.54, 1.807) is 18.2 Å². The summed E-state index contributed by atoms with van der Waals surface area (Å²) in [4.78, 5) is 12.1. The summed E-state index contributed by atoms with van der Waals surface area (Å²) < 4.78 is 0. The maximum Gasteiger partial charge on any atom is 0.303 e. The Labute approximate surface area is 148 Å². The first kappa shape index (κ1) is 29.5. The molecule has 0 fully saturated rings. The first-order chi connectivity index (χ1) is 10.4. The van der Waals surface area contributed by atoms with Gasteiger partial charge >= 0.3 is 5.97 Å². The van der Waals surface area contributed by atoms with Crippen molar-refractivity contribution in [2.45, 2.75) is 54.4 Å². The minimum absolute atomic E-state index is 0. The van der Waals surface area contributed by atoms with Gasteiger partial charge in [-0.15, -0.1) is 0 Å². The van der Waals surface area contributed by atoms with Crippen molar-refractivity contribution >= 4 is 24.4 Å². The molecule has 0 saturated heterocycles. The van der Waals surface area contributed by atoms with Crippen LogP contribution in [-0.2, 0) is 4.79 Å². The minimum Gasteiger partial charge on any atom is -0.481 e. The molecule has 0 bridgehead atoms. The molecule has 0 saturated carbocycles. The van der Waals surface area contributed by atoms with Gasteiger partial charge in [0.15, 0.2) is 0 Å². The van der Waals surface area contributed by atoms with E-state index in [1.165, 1.54) is 6.42 Å². The zero-order valence-electron chi connectivity index (χ0n) is 14.8. The highest BCUT2D eigenvalue weighted by Crippen LogP contribution is 2.05. The van der Waals surface area contributed by atoms with Gasteiger partial charge in [-0.25, -0.2) is 0 Å². The van der Waals surface area contributed by atoms with Crippen LogP contribution in [0.2, 0.25) is 0 Å². The SMILES string of the molecule is C.CCC.CS.C\C=C/C=C\C=C(/C)N(C)C(=N)CCC(=O)O. The van der Waals surface area contributed by atoms with Gasteiger partial charge in [-0.2, -0.15) is 12.6 Å². The van der Waals surface area contributed by atoms with Crippen molar-refractivity contribution in [3.05, 3.63) is 36.1 Å². The summed E-state index contributed by atoms with van der Waals surface area (Å²) in [5.74, 6) is -0.571. The van der Waals surface area contributed by atoms with E-state index >= 15 is 0 Å². The third-order valence-corrected chi connectivity index (χ3v) is 2.26. The zero-order valence-corrected chi connectivity index (χ0v) is 15.7. The van der Waals surface area contributed by atoms with Crippen molar-refractivity contribution in [2.24, 2.45) is 0 Å². The fourth-order valence-electron chi connectivity index (χ4n) is 1.09. The van der Waals surface area contributed by atoms with Crippen LogP contribution >= 0.6 is 12.6 Å². The van der Waals surface area contributed by atoms with E-state index in [9.17, 15) is 4.79 Å². The number of thiol groups is 1. The van der Waals surface area contributed by atoms with Gasteiger partial charge in [0.05, 0.1) is 6.42 Å². The summed E-state index contributed by atoms with van der Waals surface area (Å²) in [7, 11) is 1.76.